The SMILES string of the molecule is COc1ccc(N/N=C/c2c(Cl)ncnc2Cl)cc1. The van der Waals surface area contributed by atoms with E-state index in [1.807, 2.05) is 24.3 Å². The molecule has 5 nitrogen and oxygen atoms in total. The Morgan fingerprint density at radius 2 is 1.79 bits per heavy atom. The number of hydrazone groups is 1. The summed E-state index contributed by atoms with van der Waals surface area (Å²) in [5.41, 5.74) is 4.11. The van der Waals surface area contributed by atoms with Crippen molar-refractivity contribution >= 4 is 35.1 Å². The Morgan fingerprint density at radius 1 is 1.16 bits per heavy atom. The number of methoxy groups -OCH3 is 1. The summed E-state index contributed by atoms with van der Waals surface area (Å²) in [5.74, 6) is 0.775. The predicted molar refractivity (Wildman–Crippen MR) is 76.3 cm³/mol. The van der Waals surface area contributed by atoms with Crippen LogP contribution in [0.2, 0.25) is 10.3 Å². The van der Waals surface area contributed by atoms with Gasteiger partial charge in [-0.3, -0.25) is 5.43 Å². The van der Waals surface area contributed by atoms with E-state index >= 15 is 0 Å². The van der Waals surface area contributed by atoms with Crippen LogP contribution in [0.4, 0.5) is 5.69 Å². The van der Waals surface area contributed by atoms with Crippen LogP contribution in [-0.4, -0.2) is 23.3 Å². The summed E-state index contributed by atoms with van der Waals surface area (Å²) in [5, 5.41) is 4.52. The first-order valence-corrected chi connectivity index (χ1v) is 6.05. The number of aromatic nitrogens is 2. The minimum absolute atomic E-state index is 0.250. The number of nitrogens with zero attached hydrogens (tertiary/aromatic N) is 3. The number of hydrogen-bond donors (Lipinski definition) is 1. The van der Waals surface area contributed by atoms with E-state index in [-0.39, 0.29) is 10.3 Å². The average molecular weight is 297 g/mol. The Balaban J connectivity index is 2.07. The largest absolute Gasteiger partial charge is 0.497 e. The van der Waals surface area contributed by atoms with Crippen molar-refractivity contribution in [2.75, 3.05) is 12.5 Å². The van der Waals surface area contributed by atoms with Crippen molar-refractivity contribution in [1.82, 2.24) is 9.97 Å². The molecule has 1 heterocycles. The average Bonchev–Trinajstić information content (AvgIpc) is 2.43. The molecule has 0 saturated heterocycles. The Bertz CT molecular complexity index is 567. The molecule has 0 saturated carbocycles. The van der Waals surface area contributed by atoms with Gasteiger partial charge in [-0.05, 0) is 24.3 Å². The van der Waals surface area contributed by atoms with Gasteiger partial charge in [0.15, 0.2) is 0 Å². The number of hydrogen-bond acceptors (Lipinski definition) is 5. The molecule has 2 rings (SSSR count). The molecule has 0 atom stereocenters. The highest BCUT2D eigenvalue weighted by molar-refractivity contribution is 6.37. The molecule has 1 aromatic heterocycles. The summed E-state index contributed by atoms with van der Waals surface area (Å²) in [6, 6.07) is 7.31. The molecule has 0 fully saturated rings. The molecule has 7 heteroatoms. The van der Waals surface area contributed by atoms with Crippen molar-refractivity contribution in [2.24, 2.45) is 5.10 Å². The van der Waals surface area contributed by atoms with Crippen LogP contribution in [0.3, 0.4) is 0 Å². The quantitative estimate of drug-likeness (QED) is 0.534. The van der Waals surface area contributed by atoms with E-state index in [4.69, 9.17) is 27.9 Å². The Hall–Kier alpha value is -1.85. The second kappa shape index (κ2) is 6.36. The van der Waals surface area contributed by atoms with Crippen LogP contribution in [0.15, 0.2) is 35.7 Å². The van der Waals surface area contributed by atoms with E-state index in [2.05, 4.69) is 20.5 Å². The zero-order valence-electron chi connectivity index (χ0n) is 9.97. The van der Waals surface area contributed by atoms with Crippen molar-refractivity contribution in [3.63, 3.8) is 0 Å². The van der Waals surface area contributed by atoms with Crippen LogP contribution < -0.4 is 10.2 Å². The molecule has 1 N–H and O–H groups in total. The van der Waals surface area contributed by atoms with Crippen molar-refractivity contribution in [3.05, 3.63) is 46.5 Å². The topological polar surface area (TPSA) is 59.4 Å². The second-order valence-electron chi connectivity index (χ2n) is 3.47. The fraction of sp³-hybridized carbons (Fsp3) is 0.0833. The highest BCUT2D eigenvalue weighted by atomic mass is 35.5. The lowest BCUT2D eigenvalue weighted by Gasteiger charge is -2.02. The standard InChI is InChI=1S/C12H10Cl2N4O/c1-19-9-4-2-8(3-5-9)18-17-6-10-11(13)15-7-16-12(10)14/h2-7,18H,1H3/b17-6+. The number of nitrogens with one attached hydrogen (secondary N) is 1. The lowest BCUT2D eigenvalue weighted by atomic mass is 10.3. The van der Waals surface area contributed by atoms with Gasteiger partial charge in [-0.1, -0.05) is 23.2 Å². The third-order valence-corrected chi connectivity index (χ3v) is 2.87. The van der Waals surface area contributed by atoms with Crippen molar-refractivity contribution in [2.45, 2.75) is 0 Å². The van der Waals surface area contributed by atoms with Crippen molar-refractivity contribution in [3.8, 4) is 5.75 Å². The van der Waals surface area contributed by atoms with Crippen LogP contribution in [0, 0.1) is 0 Å². The molecule has 0 radical (unpaired) electrons. The molecule has 0 aliphatic rings. The highest BCUT2D eigenvalue weighted by Gasteiger charge is 2.04. The Morgan fingerprint density at radius 3 is 2.37 bits per heavy atom. The normalized spacial score (nSPS) is 10.7. The summed E-state index contributed by atoms with van der Waals surface area (Å²) >= 11 is 11.8. The van der Waals surface area contributed by atoms with Crippen LogP contribution in [0.5, 0.6) is 5.75 Å². The maximum Gasteiger partial charge on any atom is 0.142 e. The predicted octanol–water partition coefficient (Wildman–Crippen LogP) is 3.24. The number of rotatable bonds is 4. The van der Waals surface area contributed by atoms with E-state index in [9.17, 15) is 0 Å². The van der Waals surface area contributed by atoms with Gasteiger partial charge < -0.3 is 4.74 Å². The maximum absolute atomic E-state index is 5.88. The molecule has 0 unspecified atom stereocenters. The number of benzene rings is 1. The minimum Gasteiger partial charge on any atom is -0.497 e. The molecule has 0 bridgehead atoms. The molecule has 0 aliphatic carbocycles. The summed E-state index contributed by atoms with van der Waals surface area (Å²) in [6.07, 6.45) is 2.76. The first kappa shape index (κ1) is 13.6. The van der Waals surface area contributed by atoms with Gasteiger partial charge >= 0.3 is 0 Å². The molecule has 0 amide bonds. The lowest BCUT2D eigenvalue weighted by Crippen LogP contribution is -1.95. The van der Waals surface area contributed by atoms with Gasteiger partial charge in [-0.2, -0.15) is 5.10 Å². The number of ether oxygens (including phenoxy) is 1. The van der Waals surface area contributed by atoms with Gasteiger partial charge in [0.1, 0.15) is 22.4 Å². The van der Waals surface area contributed by atoms with E-state index in [1.165, 1.54) is 12.5 Å². The maximum atomic E-state index is 5.88. The fourth-order valence-corrected chi connectivity index (χ4v) is 1.71. The summed E-state index contributed by atoms with van der Waals surface area (Å²) < 4.78 is 5.06. The fourth-order valence-electron chi connectivity index (χ4n) is 1.30. The van der Waals surface area contributed by atoms with Crippen LogP contribution in [0.25, 0.3) is 0 Å². The summed E-state index contributed by atoms with van der Waals surface area (Å²) in [6.45, 7) is 0. The van der Waals surface area contributed by atoms with E-state index in [0.29, 0.717) is 5.56 Å². The smallest absolute Gasteiger partial charge is 0.142 e. The Kier molecular flexibility index (Phi) is 4.54. The molecule has 0 spiro atoms. The van der Waals surface area contributed by atoms with Crippen LogP contribution >= 0.6 is 23.2 Å². The number of anilines is 1. The zero-order valence-corrected chi connectivity index (χ0v) is 11.5. The molecule has 0 aliphatic heterocycles. The van der Waals surface area contributed by atoms with Gasteiger partial charge in [-0.15, -0.1) is 0 Å². The van der Waals surface area contributed by atoms with Gasteiger partial charge in [0.05, 0.1) is 24.6 Å². The van der Waals surface area contributed by atoms with Gasteiger partial charge in [0.2, 0.25) is 0 Å². The van der Waals surface area contributed by atoms with E-state index < -0.39 is 0 Å². The van der Waals surface area contributed by atoms with Crippen molar-refractivity contribution in [1.29, 1.82) is 0 Å². The molecular weight excluding hydrogens is 287 g/mol. The van der Waals surface area contributed by atoms with E-state index in [0.717, 1.165) is 11.4 Å². The second-order valence-corrected chi connectivity index (χ2v) is 4.18. The van der Waals surface area contributed by atoms with Gasteiger partial charge in [0, 0.05) is 0 Å². The summed E-state index contributed by atoms with van der Waals surface area (Å²) in [7, 11) is 1.61. The third kappa shape index (κ3) is 3.56. The number of halogens is 2. The molecule has 19 heavy (non-hydrogen) atoms. The first-order valence-electron chi connectivity index (χ1n) is 5.30. The third-order valence-electron chi connectivity index (χ3n) is 2.26. The molecule has 1 aromatic carbocycles. The van der Waals surface area contributed by atoms with Crippen LogP contribution in [-0.2, 0) is 0 Å². The van der Waals surface area contributed by atoms with Gasteiger partial charge in [0.25, 0.3) is 0 Å². The lowest BCUT2D eigenvalue weighted by molar-refractivity contribution is 0.415. The minimum atomic E-state index is 0.250. The first-order chi connectivity index (χ1) is 9.20. The Labute approximate surface area is 120 Å². The molecular formula is C12H10Cl2N4O. The highest BCUT2D eigenvalue weighted by Crippen LogP contribution is 2.18. The summed E-state index contributed by atoms with van der Waals surface area (Å²) in [4.78, 5) is 7.65. The van der Waals surface area contributed by atoms with E-state index in [1.54, 1.807) is 7.11 Å². The van der Waals surface area contributed by atoms with Crippen molar-refractivity contribution < 1.29 is 4.74 Å². The molecule has 98 valence electrons. The zero-order chi connectivity index (χ0) is 13.7. The van der Waals surface area contributed by atoms with Gasteiger partial charge in [-0.25, -0.2) is 9.97 Å². The monoisotopic (exact) mass is 296 g/mol. The van der Waals surface area contributed by atoms with Crippen LogP contribution in [0.1, 0.15) is 5.56 Å². The molecule has 2 aromatic rings.